The highest BCUT2D eigenvalue weighted by molar-refractivity contribution is 7.98. The zero-order chi connectivity index (χ0) is 16.2. The van der Waals surface area contributed by atoms with Crippen LogP contribution < -0.4 is 10.2 Å². The number of aromatic nitrogens is 3. The Morgan fingerprint density at radius 1 is 1.35 bits per heavy atom. The van der Waals surface area contributed by atoms with Crippen molar-refractivity contribution in [2.24, 2.45) is 0 Å². The lowest BCUT2D eigenvalue weighted by Crippen LogP contribution is -2.20. The number of aliphatic hydroxyl groups excluding tert-OH is 1. The normalized spacial score (nSPS) is 12.4. The van der Waals surface area contributed by atoms with E-state index in [0.29, 0.717) is 21.3 Å². The summed E-state index contributed by atoms with van der Waals surface area (Å²) < 4.78 is 0.680. The van der Waals surface area contributed by atoms with E-state index in [2.05, 4.69) is 20.3 Å². The van der Waals surface area contributed by atoms with Crippen LogP contribution in [0.5, 0.6) is 0 Å². The van der Waals surface area contributed by atoms with Crippen molar-refractivity contribution in [1.82, 2.24) is 15.0 Å². The second-order valence-corrected chi connectivity index (χ2v) is 6.97. The number of thiazole rings is 1. The van der Waals surface area contributed by atoms with Gasteiger partial charge in [0.05, 0.1) is 6.61 Å². The summed E-state index contributed by atoms with van der Waals surface area (Å²) in [4.78, 5) is 23.1. The van der Waals surface area contributed by atoms with Crippen molar-refractivity contribution >= 4 is 39.3 Å². The number of benzene rings is 1. The molecule has 6 nitrogen and oxygen atoms in total. The van der Waals surface area contributed by atoms with Crippen LogP contribution in [0.25, 0.3) is 10.3 Å². The van der Waals surface area contributed by atoms with Gasteiger partial charge < -0.3 is 10.4 Å². The standard InChI is InChI=1S/C15H16N4O2S2/c1-9(7-20)16-12-11-13(19-15(21)23-11)18-14(17-12)22-8-10-5-3-2-4-6-10/h2-6,9,20H,7-8H2,1H3,(H2,16,17,18,19,21). The molecule has 23 heavy (non-hydrogen) atoms. The minimum atomic E-state index is -0.167. The van der Waals surface area contributed by atoms with E-state index in [1.54, 1.807) is 0 Å². The highest BCUT2D eigenvalue weighted by Crippen LogP contribution is 2.27. The van der Waals surface area contributed by atoms with Crippen molar-refractivity contribution in [2.45, 2.75) is 23.9 Å². The maximum absolute atomic E-state index is 11.6. The lowest BCUT2D eigenvalue weighted by Gasteiger charge is -2.12. The lowest BCUT2D eigenvalue weighted by atomic mass is 10.2. The van der Waals surface area contributed by atoms with Crippen molar-refractivity contribution in [3.63, 3.8) is 0 Å². The number of aliphatic hydroxyl groups is 1. The average molecular weight is 348 g/mol. The van der Waals surface area contributed by atoms with Crippen LogP contribution in [0.4, 0.5) is 5.82 Å². The van der Waals surface area contributed by atoms with Crippen molar-refractivity contribution in [3.05, 3.63) is 45.6 Å². The Hall–Kier alpha value is -1.90. The zero-order valence-electron chi connectivity index (χ0n) is 12.4. The van der Waals surface area contributed by atoms with Crippen LogP contribution in [0.2, 0.25) is 0 Å². The molecule has 2 heterocycles. The molecule has 0 saturated carbocycles. The number of thioether (sulfide) groups is 1. The first kappa shape index (κ1) is 16.0. The Morgan fingerprint density at radius 3 is 2.87 bits per heavy atom. The van der Waals surface area contributed by atoms with Crippen LogP contribution in [-0.2, 0) is 5.75 Å². The van der Waals surface area contributed by atoms with Crippen molar-refractivity contribution in [3.8, 4) is 0 Å². The quantitative estimate of drug-likeness (QED) is 0.468. The van der Waals surface area contributed by atoms with Crippen LogP contribution in [0, 0.1) is 0 Å². The van der Waals surface area contributed by atoms with Crippen LogP contribution in [-0.4, -0.2) is 32.7 Å². The minimum absolute atomic E-state index is 0.0166. The molecule has 0 aliphatic heterocycles. The Labute approximate surface area is 141 Å². The van der Waals surface area contributed by atoms with Crippen LogP contribution >= 0.6 is 23.1 Å². The van der Waals surface area contributed by atoms with Gasteiger partial charge in [0.15, 0.2) is 16.6 Å². The molecule has 0 aliphatic carbocycles. The maximum atomic E-state index is 11.6. The van der Waals surface area contributed by atoms with Crippen LogP contribution in [0.1, 0.15) is 12.5 Å². The monoisotopic (exact) mass is 348 g/mol. The molecule has 2 aromatic heterocycles. The first-order chi connectivity index (χ1) is 11.2. The van der Waals surface area contributed by atoms with Gasteiger partial charge in [-0.3, -0.25) is 9.78 Å². The molecule has 120 valence electrons. The van der Waals surface area contributed by atoms with Gasteiger partial charge in [-0.05, 0) is 12.5 Å². The second kappa shape index (κ2) is 7.12. The summed E-state index contributed by atoms with van der Waals surface area (Å²) in [7, 11) is 0. The van der Waals surface area contributed by atoms with E-state index in [-0.39, 0.29) is 17.5 Å². The first-order valence-corrected chi connectivity index (χ1v) is 8.91. The van der Waals surface area contributed by atoms with Crippen molar-refractivity contribution in [2.75, 3.05) is 11.9 Å². The predicted molar refractivity (Wildman–Crippen MR) is 94.2 cm³/mol. The van der Waals surface area contributed by atoms with Crippen LogP contribution in [0.15, 0.2) is 40.3 Å². The van der Waals surface area contributed by atoms with Crippen LogP contribution in [0.3, 0.4) is 0 Å². The smallest absolute Gasteiger partial charge is 0.306 e. The third-order valence-electron chi connectivity index (χ3n) is 3.13. The molecule has 0 spiro atoms. The Kier molecular flexibility index (Phi) is 4.94. The fourth-order valence-corrected chi connectivity index (χ4v) is 3.52. The number of anilines is 1. The molecule has 0 amide bonds. The zero-order valence-corrected chi connectivity index (χ0v) is 14.1. The summed E-state index contributed by atoms with van der Waals surface area (Å²) in [5.41, 5.74) is 1.71. The van der Waals surface area contributed by atoms with Gasteiger partial charge in [-0.25, -0.2) is 9.97 Å². The number of H-pyrrole nitrogens is 1. The number of hydrogen-bond donors (Lipinski definition) is 3. The van der Waals surface area contributed by atoms with Gasteiger partial charge in [0, 0.05) is 11.8 Å². The lowest BCUT2D eigenvalue weighted by molar-refractivity contribution is 0.281. The molecule has 3 aromatic rings. The van der Waals surface area contributed by atoms with Gasteiger partial charge in [-0.15, -0.1) is 0 Å². The number of fused-ring (bicyclic) bond motifs is 1. The number of aromatic amines is 1. The molecule has 0 radical (unpaired) electrons. The maximum Gasteiger partial charge on any atom is 0.306 e. The summed E-state index contributed by atoms with van der Waals surface area (Å²) in [6.45, 7) is 1.83. The van der Waals surface area contributed by atoms with Gasteiger partial charge in [0.2, 0.25) is 0 Å². The van der Waals surface area contributed by atoms with Gasteiger partial charge in [0.1, 0.15) is 4.70 Å². The van der Waals surface area contributed by atoms with E-state index < -0.39 is 0 Å². The summed E-state index contributed by atoms with van der Waals surface area (Å²) >= 11 is 2.57. The molecular weight excluding hydrogens is 332 g/mol. The third-order valence-corrected chi connectivity index (χ3v) is 4.92. The van der Waals surface area contributed by atoms with Crippen molar-refractivity contribution < 1.29 is 5.11 Å². The van der Waals surface area contributed by atoms with E-state index >= 15 is 0 Å². The number of hydrogen-bond acceptors (Lipinski definition) is 7. The highest BCUT2D eigenvalue weighted by atomic mass is 32.2. The summed E-state index contributed by atoms with van der Waals surface area (Å²) in [6.07, 6.45) is 0. The van der Waals surface area contributed by atoms with Crippen molar-refractivity contribution in [1.29, 1.82) is 0 Å². The molecule has 8 heteroatoms. The fourth-order valence-electron chi connectivity index (χ4n) is 1.99. The number of nitrogens with one attached hydrogen (secondary N) is 2. The molecule has 0 fully saturated rings. The summed E-state index contributed by atoms with van der Waals surface area (Å²) in [5, 5.41) is 12.9. The largest absolute Gasteiger partial charge is 0.394 e. The Balaban J connectivity index is 1.89. The van der Waals surface area contributed by atoms with E-state index in [0.717, 1.165) is 17.1 Å². The van der Waals surface area contributed by atoms with Gasteiger partial charge in [0.25, 0.3) is 0 Å². The molecule has 1 aromatic carbocycles. The van der Waals surface area contributed by atoms with E-state index in [9.17, 15) is 9.90 Å². The molecule has 3 N–H and O–H groups in total. The topological polar surface area (TPSA) is 90.9 Å². The second-order valence-electron chi connectivity index (χ2n) is 5.05. The summed E-state index contributed by atoms with van der Waals surface area (Å²) in [6, 6.07) is 9.90. The average Bonchev–Trinajstić information content (AvgIpc) is 2.94. The molecule has 3 rings (SSSR count). The molecule has 0 saturated heterocycles. The van der Waals surface area contributed by atoms with E-state index in [1.807, 2.05) is 37.3 Å². The Bertz CT molecular complexity index is 848. The highest BCUT2D eigenvalue weighted by Gasteiger charge is 2.13. The SMILES string of the molecule is CC(CO)Nc1nc(SCc2ccccc2)nc2[nH]c(=O)sc12. The number of rotatable bonds is 6. The van der Waals surface area contributed by atoms with Gasteiger partial charge >= 0.3 is 4.87 Å². The summed E-state index contributed by atoms with van der Waals surface area (Å²) in [5.74, 6) is 1.32. The molecule has 1 atom stereocenters. The molecule has 0 bridgehead atoms. The fraction of sp³-hybridized carbons (Fsp3) is 0.267. The molecule has 0 aliphatic rings. The van der Waals surface area contributed by atoms with Gasteiger partial charge in [-0.2, -0.15) is 0 Å². The minimum Gasteiger partial charge on any atom is -0.394 e. The van der Waals surface area contributed by atoms with E-state index in [1.165, 1.54) is 17.3 Å². The first-order valence-electron chi connectivity index (χ1n) is 7.10. The third kappa shape index (κ3) is 3.90. The number of nitrogens with zero attached hydrogens (tertiary/aromatic N) is 2. The predicted octanol–water partition coefficient (Wildman–Crippen LogP) is 2.46. The Morgan fingerprint density at radius 2 is 2.13 bits per heavy atom. The van der Waals surface area contributed by atoms with Gasteiger partial charge in [-0.1, -0.05) is 53.4 Å². The molecule has 1 unspecified atom stereocenters. The molecular formula is C15H16N4O2S2. The van der Waals surface area contributed by atoms with E-state index in [4.69, 9.17) is 0 Å².